The van der Waals surface area contributed by atoms with Gasteiger partial charge in [0.1, 0.15) is 0 Å². The number of anilines is 2. The maximum absolute atomic E-state index is 13.2. The smallest absolute Gasteiger partial charge is 0.236 e. The first-order chi connectivity index (χ1) is 13.6. The summed E-state index contributed by atoms with van der Waals surface area (Å²) in [5.41, 5.74) is 4.61. The van der Waals surface area contributed by atoms with Gasteiger partial charge in [-0.1, -0.05) is 66.7 Å². The number of rotatable bonds is 4. The molecule has 1 N–H and O–H groups in total. The number of benzene rings is 3. The number of amides is 2. The van der Waals surface area contributed by atoms with Crippen LogP contribution in [0.3, 0.4) is 0 Å². The highest BCUT2D eigenvalue weighted by Gasteiger charge is 2.25. The minimum Gasteiger partial charge on any atom is -0.325 e. The van der Waals surface area contributed by atoms with Gasteiger partial charge < -0.3 is 10.2 Å². The van der Waals surface area contributed by atoms with Crippen molar-refractivity contribution < 1.29 is 9.59 Å². The van der Waals surface area contributed by atoms with Gasteiger partial charge >= 0.3 is 0 Å². The van der Waals surface area contributed by atoms with Gasteiger partial charge in [-0.3, -0.25) is 9.59 Å². The molecular weight excluding hydrogens is 348 g/mol. The number of nitrogens with zero attached hydrogens (tertiary/aromatic N) is 1. The number of nitrogens with one attached hydrogen (secondary N) is 1. The SMILES string of the molecule is CC(=O)N1CCc2ccc(NC(=O)C(c3ccccc3)c3ccccc3)cc21. The average Bonchev–Trinajstić information content (AvgIpc) is 3.13. The fourth-order valence-electron chi connectivity index (χ4n) is 3.78. The molecule has 1 aliphatic heterocycles. The lowest BCUT2D eigenvalue weighted by molar-refractivity contribution is -0.117. The Labute approximate surface area is 164 Å². The highest BCUT2D eigenvalue weighted by molar-refractivity contribution is 6.00. The van der Waals surface area contributed by atoms with Crippen molar-refractivity contribution in [3.8, 4) is 0 Å². The third-order valence-electron chi connectivity index (χ3n) is 5.16. The molecule has 0 unspecified atom stereocenters. The third kappa shape index (κ3) is 3.54. The summed E-state index contributed by atoms with van der Waals surface area (Å²) in [6.07, 6.45) is 0.847. The van der Waals surface area contributed by atoms with Gasteiger partial charge in [0, 0.05) is 24.8 Å². The minimum absolute atomic E-state index is 0.0219. The van der Waals surface area contributed by atoms with Gasteiger partial charge in [-0.2, -0.15) is 0 Å². The van der Waals surface area contributed by atoms with Crippen molar-refractivity contribution in [1.82, 2.24) is 0 Å². The zero-order chi connectivity index (χ0) is 19.5. The van der Waals surface area contributed by atoms with Crippen molar-refractivity contribution in [3.05, 3.63) is 95.6 Å². The molecule has 4 heteroatoms. The molecule has 0 aliphatic carbocycles. The monoisotopic (exact) mass is 370 g/mol. The number of fused-ring (bicyclic) bond motifs is 1. The molecule has 0 fully saturated rings. The molecule has 0 saturated heterocycles. The van der Waals surface area contributed by atoms with Crippen LogP contribution in [0.2, 0.25) is 0 Å². The lowest BCUT2D eigenvalue weighted by Gasteiger charge is -2.19. The molecule has 28 heavy (non-hydrogen) atoms. The van der Waals surface area contributed by atoms with Crippen LogP contribution >= 0.6 is 0 Å². The predicted molar refractivity (Wildman–Crippen MR) is 112 cm³/mol. The minimum atomic E-state index is -0.403. The Morgan fingerprint density at radius 3 is 2.07 bits per heavy atom. The van der Waals surface area contributed by atoms with Crippen molar-refractivity contribution >= 4 is 23.2 Å². The van der Waals surface area contributed by atoms with Crippen LogP contribution < -0.4 is 10.2 Å². The largest absolute Gasteiger partial charge is 0.325 e. The second-order valence-electron chi connectivity index (χ2n) is 7.01. The first-order valence-corrected chi connectivity index (χ1v) is 9.45. The Morgan fingerprint density at radius 1 is 0.893 bits per heavy atom. The summed E-state index contributed by atoms with van der Waals surface area (Å²) >= 11 is 0. The van der Waals surface area contributed by atoms with Crippen molar-refractivity contribution in [1.29, 1.82) is 0 Å². The highest BCUT2D eigenvalue weighted by Crippen LogP contribution is 2.32. The highest BCUT2D eigenvalue weighted by atomic mass is 16.2. The zero-order valence-corrected chi connectivity index (χ0v) is 15.8. The summed E-state index contributed by atoms with van der Waals surface area (Å²) in [5.74, 6) is -0.474. The summed E-state index contributed by atoms with van der Waals surface area (Å²) < 4.78 is 0. The Morgan fingerprint density at radius 2 is 1.50 bits per heavy atom. The Kier molecular flexibility index (Phi) is 4.94. The van der Waals surface area contributed by atoms with E-state index in [1.54, 1.807) is 11.8 Å². The second-order valence-corrected chi connectivity index (χ2v) is 7.01. The van der Waals surface area contributed by atoms with Crippen molar-refractivity contribution in [2.75, 3.05) is 16.8 Å². The van der Waals surface area contributed by atoms with E-state index in [1.807, 2.05) is 78.9 Å². The molecule has 1 heterocycles. The summed E-state index contributed by atoms with van der Waals surface area (Å²) in [4.78, 5) is 26.9. The molecule has 0 bridgehead atoms. The second kappa shape index (κ2) is 7.69. The van der Waals surface area contributed by atoms with Gasteiger partial charge in [0.25, 0.3) is 0 Å². The molecule has 2 amide bonds. The van der Waals surface area contributed by atoms with Crippen LogP contribution in [0.1, 0.15) is 29.5 Å². The normalized spacial score (nSPS) is 12.7. The molecule has 140 valence electrons. The van der Waals surface area contributed by atoms with Crippen molar-refractivity contribution in [2.24, 2.45) is 0 Å². The Bertz CT molecular complexity index is 960. The van der Waals surface area contributed by atoms with E-state index in [1.165, 1.54) is 0 Å². The molecule has 4 rings (SSSR count). The average molecular weight is 370 g/mol. The standard InChI is InChI=1S/C24H22N2O2/c1-17(27)26-15-14-18-12-13-21(16-22(18)26)25-24(28)23(19-8-4-2-5-9-19)20-10-6-3-7-11-20/h2-13,16,23H,14-15H2,1H3,(H,25,28). The number of carbonyl (C=O) groups excluding carboxylic acids is 2. The van der Waals surface area contributed by atoms with Crippen LogP contribution in [0.5, 0.6) is 0 Å². The van der Waals surface area contributed by atoms with Gasteiger partial charge in [0.15, 0.2) is 0 Å². The van der Waals surface area contributed by atoms with E-state index < -0.39 is 5.92 Å². The van der Waals surface area contributed by atoms with Crippen LogP contribution in [-0.4, -0.2) is 18.4 Å². The molecule has 0 saturated carbocycles. The fraction of sp³-hybridized carbons (Fsp3) is 0.167. The van der Waals surface area contributed by atoms with Crippen molar-refractivity contribution in [3.63, 3.8) is 0 Å². The quantitative estimate of drug-likeness (QED) is 0.741. The molecule has 0 aromatic heterocycles. The molecule has 3 aromatic carbocycles. The van der Waals surface area contributed by atoms with Crippen LogP contribution in [-0.2, 0) is 16.0 Å². The Hall–Kier alpha value is -3.40. The fourth-order valence-corrected chi connectivity index (χ4v) is 3.78. The molecule has 1 aliphatic rings. The number of hydrogen-bond donors (Lipinski definition) is 1. The van der Waals surface area contributed by atoms with E-state index in [-0.39, 0.29) is 11.8 Å². The number of hydrogen-bond acceptors (Lipinski definition) is 2. The summed E-state index contributed by atoms with van der Waals surface area (Å²) in [6, 6.07) is 25.3. The molecule has 3 aromatic rings. The maximum atomic E-state index is 13.2. The summed E-state index contributed by atoms with van der Waals surface area (Å²) in [5, 5.41) is 3.05. The molecule has 0 atom stereocenters. The molecule has 4 nitrogen and oxygen atoms in total. The Balaban J connectivity index is 1.64. The van der Waals surface area contributed by atoms with E-state index >= 15 is 0 Å². The van der Waals surface area contributed by atoms with E-state index in [2.05, 4.69) is 5.32 Å². The molecule has 0 radical (unpaired) electrons. The third-order valence-corrected chi connectivity index (χ3v) is 5.16. The summed E-state index contributed by atoms with van der Waals surface area (Å²) in [6.45, 7) is 2.26. The first kappa shape index (κ1) is 18.0. The van der Waals surface area contributed by atoms with E-state index in [0.29, 0.717) is 12.2 Å². The lowest BCUT2D eigenvalue weighted by atomic mass is 9.90. The van der Waals surface area contributed by atoms with Crippen LogP contribution in [0.25, 0.3) is 0 Å². The van der Waals surface area contributed by atoms with Gasteiger partial charge in [-0.15, -0.1) is 0 Å². The molecular formula is C24H22N2O2. The summed E-state index contributed by atoms with van der Waals surface area (Å²) in [7, 11) is 0. The molecule has 0 spiro atoms. The van der Waals surface area contributed by atoms with Gasteiger partial charge in [-0.25, -0.2) is 0 Å². The van der Waals surface area contributed by atoms with Crippen LogP contribution in [0, 0.1) is 0 Å². The van der Waals surface area contributed by atoms with Gasteiger partial charge in [-0.05, 0) is 35.2 Å². The number of carbonyl (C=O) groups is 2. The van der Waals surface area contributed by atoms with E-state index in [0.717, 1.165) is 28.8 Å². The van der Waals surface area contributed by atoms with E-state index in [9.17, 15) is 9.59 Å². The van der Waals surface area contributed by atoms with Crippen LogP contribution in [0.4, 0.5) is 11.4 Å². The van der Waals surface area contributed by atoms with Crippen LogP contribution in [0.15, 0.2) is 78.9 Å². The topological polar surface area (TPSA) is 49.4 Å². The van der Waals surface area contributed by atoms with E-state index in [4.69, 9.17) is 0 Å². The van der Waals surface area contributed by atoms with Gasteiger partial charge in [0.05, 0.1) is 5.92 Å². The maximum Gasteiger partial charge on any atom is 0.236 e. The van der Waals surface area contributed by atoms with Crippen molar-refractivity contribution in [2.45, 2.75) is 19.3 Å². The van der Waals surface area contributed by atoms with Gasteiger partial charge in [0.2, 0.25) is 11.8 Å². The zero-order valence-electron chi connectivity index (χ0n) is 15.8. The lowest BCUT2D eigenvalue weighted by Crippen LogP contribution is -2.26. The predicted octanol–water partition coefficient (Wildman–Crippen LogP) is 4.37. The first-order valence-electron chi connectivity index (χ1n) is 9.45.